The Labute approximate surface area is 151 Å². The monoisotopic (exact) mass is 355 g/mol. The van der Waals surface area contributed by atoms with Gasteiger partial charge in [-0.3, -0.25) is 9.59 Å². The van der Waals surface area contributed by atoms with E-state index in [1.54, 1.807) is 24.3 Å². The zero-order chi connectivity index (χ0) is 18.1. The Bertz CT molecular complexity index is 806. The van der Waals surface area contributed by atoms with Crippen LogP contribution in [0, 0.1) is 5.92 Å². The fourth-order valence-corrected chi connectivity index (χ4v) is 3.64. The van der Waals surface area contributed by atoms with Crippen molar-refractivity contribution in [3.63, 3.8) is 0 Å². The lowest BCUT2D eigenvalue weighted by Gasteiger charge is -2.44. The van der Waals surface area contributed by atoms with Crippen LogP contribution in [-0.2, 0) is 0 Å². The largest absolute Gasteiger partial charge is 0.425 e. The van der Waals surface area contributed by atoms with Crippen LogP contribution in [0.2, 0.25) is 0 Å². The zero-order valence-corrected chi connectivity index (χ0v) is 14.6. The highest BCUT2D eigenvalue weighted by Gasteiger charge is 2.34. The van der Waals surface area contributed by atoms with Gasteiger partial charge in [-0.1, -0.05) is 0 Å². The molecule has 0 spiro atoms. The van der Waals surface area contributed by atoms with E-state index in [9.17, 15) is 9.59 Å². The minimum atomic E-state index is -0.264. The summed E-state index contributed by atoms with van der Waals surface area (Å²) in [4.78, 5) is 29.9. The third-order valence-corrected chi connectivity index (χ3v) is 5.09. The summed E-state index contributed by atoms with van der Waals surface area (Å²) in [6.07, 6.45) is 3.68. The van der Waals surface area contributed by atoms with Crippen molar-refractivity contribution in [2.75, 3.05) is 19.6 Å². The van der Waals surface area contributed by atoms with E-state index in [0.29, 0.717) is 17.2 Å². The Hall–Kier alpha value is -2.67. The molecule has 1 N–H and O–H groups in total. The van der Waals surface area contributed by atoms with Crippen LogP contribution < -0.4 is 10.1 Å². The van der Waals surface area contributed by atoms with E-state index >= 15 is 0 Å². The van der Waals surface area contributed by atoms with Crippen molar-refractivity contribution in [3.8, 4) is 11.7 Å². The fourth-order valence-electron chi connectivity index (χ4n) is 3.64. The molecule has 2 bridgehead atoms. The molecule has 26 heavy (non-hydrogen) atoms. The van der Waals surface area contributed by atoms with Crippen molar-refractivity contribution in [1.82, 2.24) is 15.2 Å². The van der Waals surface area contributed by atoms with Crippen molar-refractivity contribution in [1.29, 1.82) is 0 Å². The number of oxazole rings is 1. The van der Waals surface area contributed by atoms with Crippen LogP contribution in [-0.4, -0.2) is 47.3 Å². The lowest BCUT2D eigenvalue weighted by molar-refractivity contribution is 0.0620. The maximum Gasteiger partial charge on any atom is 0.311 e. The molecule has 2 aromatic rings. The van der Waals surface area contributed by atoms with Crippen molar-refractivity contribution in [3.05, 3.63) is 41.9 Å². The Morgan fingerprint density at radius 2 is 1.96 bits per heavy atom. The average molecular weight is 355 g/mol. The Kier molecular flexibility index (Phi) is 4.46. The number of amides is 1. The summed E-state index contributed by atoms with van der Waals surface area (Å²) < 4.78 is 10.7. The quantitative estimate of drug-likeness (QED) is 0.830. The molecule has 3 saturated heterocycles. The molecule has 0 aliphatic carbocycles. The number of fused-ring (bicyclic) bond motifs is 3. The fraction of sp³-hybridized carbons (Fsp3) is 0.421. The lowest BCUT2D eigenvalue weighted by atomic mass is 9.84. The summed E-state index contributed by atoms with van der Waals surface area (Å²) in [6.45, 7) is 4.62. The number of aromatic nitrogens is 1. The van der Waals surface area contributed by atoms with Crippen molar-refractivity contribution >= 4 is 11.7 Å². The summed E-state index contributed by atoms with van der Waals surface area (Å²) in [7, 11) is 0. The lowest BCUT2D eigenvalue weighted by Crippen LogP contribution is -2.57. The third kappa shape index (κ3) is 3.48. The first-order valence-electron chi connectivity index (χ1n) is 8.86. The van der Waals surface area contributed by atoms with E-state index in [2.05, 4.69) is 15.2 Å². The molecule has 0 radical (unpaired) electrons. The van der Waals surface area contributed by atoms with Crippen LogP contribution in [0.15, 0.2) is 34.9 Å². The molecular weight excluding hydrogens is 334 g/mol. The molecule has 7 heteroatoms. The summed E-state index contributed by atoms with van der Waals surface area (Å²) in [6, 6.07) is 7.06. The molecule has 7 nitrogen and oxygen atoms in total. The predicted octanol–water partition coefficient (Wildman–Crippen LogP) is 2.49. The molecular formula is C19H21N3O4. The first kappa shape index (κ1) is 16.8. The normalized spacial score (nSPS) is 24.3. The molecule has 1 aromatic heterocycles. The number of rotatable bonds is 5. The van der Waals surface area contributed by atoms with E-state index < -0.39 is 0 Å². The third-order valence-electron chi connectivity index (χ3n) is 5.09. The first-order chi connectivity index (χ1) is 12.6. The Balaban J connectivity index is 1.37. The number of hydrogen-bond acceptors (Lipinski definition) is 6. The molecule has 3 aliphatic heterocycles. The van der Waals surface area contributed by atoms with Gasteiger partial charge in [0.1, 0.15) is 11.9 Å². The van der Waals surface area contributed by atoms with Crippen molar-refractivity contribution in [2.24, 2.45) is 5.92 Å². The second-order valence-electron chi connectivity index (χ2n) is 6.89. The van der Waals surface area contributed by atoms with Crippen LogP contribution in [0.25, 0.3) is 0 Å². The average Bonchev–Trinajstić information content (AvgIpc) is 3.12. The molecule has 0 saturated carbocycles. The molecule has 3 aliphatic rings. The van der Waals surface area contributed by atoms with E-state index in [4.69, 9.17) is 9.15 Å². The van der Waals surface area contributed by atoms with Crippen LogP contribution in [0.4, 0.5) is 0 Å². The minimum Gasteiger partial charge on any atom is -0.425 e. The number of nitrogens with one attached hydrogen (secondary N) is 1. The van der Waals surface area contributed by atoms with Gasteiger partial charge in [-0.15, -0.1) is 0 Å². The molecule has 1 aromatic carbocycles. The van der Waals surface area contributed by atoms with Gasteiger partial charge in [-0.25, -0.2) is 4.98 Å². The first-order valence-corrected chi connectivity index (χ1v) is 8.86. The number of Topliss-reactive ketones (excluding diaryl/α,β-unsaturated/α-hetero) is 1. The minimum absolute atomic E-state index is 0.00789. The van der Waals surface area contributed by atoms with Gasteiger partial charge in [0.05, 0.1) is 0 Å². The topological polar surface area (TPSA) is 84.7 Å². The predicted molar refractivity (Wildman–Crippen MR) is 93.4 cm³/mol. The molecule has 3 fully saturated rings. The number of ketones is 1. The van der Waals surface area contributed by atoms with E-state index in [1.807, 2.05) is 0 Å². The summed E-state index contributed by atoms with van der Waals surface area (Å²) in [5.41, 5.74) is 0.593. The van der Waals surface area contributed by atoms with Gasteiger partial charge in [0.2, 0.25) is 5.78 Å². The highest BCUT2D eigenvalue weighted by Crippen LogP contribution is 2.28. The second kappa shape index (κ2) is 6.92. The van der Waals surface area contributed by atoms with Crippen molar-refractivity contribution in [2.45, 2.75) is 25.8 Å². The van der Waals surface area contributed by atoms with E-state index in [1.165, 1.54) is 13.1 Å². The van der Waals surface area contributed by atoms with Gasteiger partial charge >= 0.3 is 5.95 Å². The summed E-state index contributed by atoms with van der Waals surface area (Å²) in [5, 5.41) is 3.16. The SMILES string of the molecule is CC(=O)c1ncc(Oc2ccc(C(=O)N[C@H]3CN4CCC3CC4)cc2)o1. The summed E-state index contributed by atoms with van der Waals surface area (Å²) >= 11 is 0. The second-order valence-corrected chi connectivity index (χ2v) is 6.89. The van der Waals surface area contributed by atoms with Gasteiger partial charge in [-0.2, -0.15) is 0 Å². The van der Waals surface area contributed by atoms with Gasteiger partial charge in [-0.05, 0) is 56.1 Å². The molecule has 4 heterocycles. The summed E-state index contributed by atoms with van der Waals surface area (Å²) in [5.74, 6) is 0.922. The number of hydrogen-bond donors (Lipinski definition) is 1. The zero-order valence-electron chi connectivity index (χ0n) is 14.6. The standard InChI is InChI=1S/C19H21N3O4/c1-12(23)19-20-10-17(26-19)25-15-4-2-14(3-5-15)18(24)21-16-11-22-8-6-13(16)7-9-22/h2-5,10,13,16H,6-9,11H2,1H3,(H,21,24)/t16-/m0/s1. The number of carbonyl (C=O) groups is 2. The number of benzene rings is 1. The van der Waals surface area contributed by atoms with Crippen LogP contribution in [0.5, 0.6) is 11.7 Å². The number of piperidine rings is 3. The number of ether oxygens (including phenoxy) is 1. The maximum absolute atomic E-state index is 12.5. The van der Waals surface area contributed by atoms with Crippen LogP contribution in [0.3, 0.4) is 0 Å². The van der Waals surface area contributed by atoms with Crippen LogP contribution in [0.1, 0.15) is 40.8 Å². The Morgan fingerprint density at radius 1 is 1.23 bits per heavy atom. The van der Waals surface area contributed by atoms with Crippen molar-refractivity contribution < 1.29 is 18.7 Å². The van der Waals surface area contributed by atoms with Crippen LogP contribution >= 0.6 is 0 Å². The smallest absolute Gasteiger partial charge is 0.311 e. The number of carbonyl (C=O) groups excluding carboxylic acids is 2. The highest BCUT2D eigenvalue weighted by atomic mass is 16.6. The van der Waals surface area contributed by atoms with Gasteiger partial charge < -0.3 is 19.4 Å². The molecule has 1 atom stereocenters. The Morgan fingerprint density at radius 3 is 2.54 bits per heavy atom. The number of nitrogens with zero attached hydrogens (tertiary/aromatic N) is 2. The molecule has 1 amide bonds. The van der Waals surface area contributed by atoms with E-state index in [-0.39, 0.29) is 29.6 Å². The molecule has 5 rings (SSSR count). The highest BCUT2D eigenvalue weighted by molar-refractivity contribution is 5.94. The van der Waals surface area contributed by atoms with E-state index in [0.717, 1.165) is 32.5 Å². The molecule has 0 unspecified atom stereocenters. The maximum atomic E-state index is 12.5. The van der Waals surface area contributed by atoms with Gasteiger partial charge in [0, 0.05) is 25.1 Å². The molecule has 136 valence electrons. The van der Waals surface area contributed by atoms with Gasteiger partial charge in [0.15, 0.2) is 0 Å². The van der Waals surface area contributed by atoms with Gasteiger partial charge in [0.25, 0.3) is 11.8 Å².